The molecular formula is C14H13FO3. The highest BCUT2D eigenvalue weighted by Crippen LogP contribution is 2.17. The summed E-state index contributed by atoms with van der Waals surface area (Å²) in [5.74, 6) is 1.27. The maximum absolute atomic E-state index is 13.2. The second-order valence-electron chi connectivity index (χ2n) is 3.55. The van der Waals surface area contributed by atoms with Gasteiger partial charge in [0.05, 0.1) is 6.61 Å². The monoisotopic (exact) mass is 248 g/mol. The number of carbonyl (C=O) groups is 1. The van der Waals surface area contributed by atoms with Gasteiger partial charge in [0.1, 0.15) is 11.6 Å². The Morgan fingerprint density at radius 3 is 2.94 bits per heavy atom. The van der Waals surface area contributed by atoms with Gasteiger partial charge in [-0.25, -0.2) is 9.18 Å². The molecule has 0 unspecified atom stereocenters. The molecule has 1 aromatic carbocycles. The van der Waals surface area contributed by atoms with Crippen molar-refractivity contribution in [1.29, 1.82) is 0 Å². The molecule has 0 aromatic heterocycles. The maximum Gasteiger partial charge on any atom is 0.328 e. The first-order chi connectivity index (χ1) is 8.61. The second-order valence-corrected chi connectivity index (χ2v) is 3.55. The number of aliphatic carboxylic acids is 1. The van der Waals surface area contributed by atoms with Gasteiger partial charge in [-0.1, -0.05) is 0 Å². The average Bonchev–Trinajstić information content (AvgIpc) is 2.32. The number of carboxylic acids is 1. The minimum atomic E-state index is -1.09. The first-order valence-electron chi connectivity index (χ1n) is 5.39. The normalized spacial score (nSPS) is 10.2. The van der Waals surface area contributed by atoms with Crippen LogP contribution in [-0.4, -0.2) is 17.7 Å². The smallest absolute Gasteiger partial charge is 0.328 e. The van der Waals surface area contributed by atoms with E-state index in [4.69, 9.17) is 16.3 Å². The van der Waals surface area contributed by atoms with E-state index >= 15 is 0 Å². The fourth-order valence-corrected chi connectivity index (χ4v) is 1.30. The van der Waals surface area contributed by atoms with Crippen LogP contribution in [0.25, 0.3) is 6.08 Å². The van der Waals surface area contributed by atoms with Crippen LogP contribution in [0.15, 0.2) is 24.3 Å². The third-order valence-corrected chi connectivity index (χ3v) is 2.05. The van der Waals surface area contributed by atoms with Gasteiger partial charge in [0.25, 0.3) is 0 Å². The molecule has 0 aliphatic rings. The summed E-state index contributed by atoms with van der Waals surface area (Å²) >= 11 is 0. The number of ether oxygens (including phenoxy) is 1. The van der Waals surface area contributed by atoms with E-state index in [1.54, 1.807) is 6.07 Å². The van der Waals surface area contributed by atoms with E-state index in [1.165, 1.54) is 18.2 Å². The van der Waals surface area contributed by atoms with E-state index in [-0.39, 0.29) is 0 Å². The molecule has 1 aromatic rings. The Morgan fingerprint density at radius 1 is 1.50 bits per heavy atom. The number of rotatable bonds is 6. The van der Waals surface area contributed by atoms with Gasteiger partial charge in [-0.15, -0.1) is 12.3 Å². The van der Waals surface area contributed by atoms with E-state index < -0.39 is 11.8 Å². The molecule has 0 radical (unpaired) electrons. The van der Waals surface area contributed by atoms with Gasteiger partial charge in [0, 0.05) is 18.6 Å². The van der Waals surface area contributed by atoms with Crippen LogP contribution < -0.4 is 4.74 Å². The molecule has 0 bridgehead atoms. The Morgan fingerprint density at radius 2 is 2.28 bits per heavy atom. The van der Waals surface area contributed by atoms with Gasteiger partial charge >= 0.3 is 5.97 Å². The van der Waals surface area contributed by atoms with Gasteiger partial charge in [-0.3, -0.25) is 0 Å². The highest BCUT2D eigenvalue weighted by Gasteiger charge is 2.00. The van der Waals surface area contributed by atoms with Crippen molar-refractivity contribution in [3.8, 4) is 18.1 Å². The van der Waals surface area contributed by atoms with Crippen LogP contribution in [0.4, 0.5) is 4.39 Å². The summed E-state index contributed by atoms with van der Waals surface area (Å²) < 4.78 is 18.6. The average molecular weight is 248 g/mol. The number of hydrogen-bond acceptors (Lipinski definition) is 2. The zero-order valence-corrected chi connectivity index (χ0v) is 9.73. The first kappa shape index (κ1) is 13.8. The van der Waals surface area contributed by atoms with Gasteiger partial charge in [-0.2, -0.15) is 0 Å². The van der Waals surface area contributed by atoms with Crippen molar-refractivity contribution >= 4 is 12.0 Å². The summed E-state index contributed by atoms with van der Waals surface area (Å²) in [6, 6.07) is 4.04. The Labute approximate surface area is 105 Å². The summed E-state index contributed by atoms with van der Waals surface area (Å²) in [6.45, 7) is 0.399. The van der Waals surface area contributed by atoms with Gasteiger partial charge < -0.3 is 9.84 Å². The zero-order chi connectivity index (χ0) is 13.4. The molecule has 4 heteroatoms. The molecule has 0 heterocycles. The Balaban J connectivity index is 2.69. The van der Waals surface area contributed by atoms with Crippen molar-refractivity contribution in [3.63, 3.8) is 0 Å². The molecule has 18 heavy (non-hydrogen) atoms. The third kappa shape index (κ3) is 5.17. The summed E-state index contributed by atoms with van der Waals surface area (Å²) in [6.07, 6.45) is 8.63. The highest BCUT2D eigenvalue weighted by atomic mass is 19.1. The van der Waals surface area contributed by atoms with Crippen LogP contribution in [0.1, 0.15) is 18.4 Å². The summed E-state index contributed by atoms with van der Waals surface area (Å²) in [4.78, 5) is 10.4. The standard InChI is InChI=1S/C14H13FO3/c1-2-3-4-7-18-13-9-11(5-6-14(16)17)8-12(15)10-13/h1,5-6,8-10H,3-4,7H2,(H,16,17)/b6-5+. The summed E-state index contributed by atoms with van der Waals surface area (Å²) in [5.41, 5.74) is 0.435. The molecule has 1 N–H and O–H groups in total. The fraction of sp³-hybridized carbons (Fsp3) is 0.214. The third-order valence-electron chi connectivity index (χ3n) is 2.05. The van der Waals surface area contributed by atoms with Crippen LogP contribution in [-0.2, 0) is 4.79 Å². The Kier molecular flexibility index (Phi) is 5.46. The topological polar surface area (TPSA) is 46.5 Å². The largest absolute Gasteiger partial charge is 0.493 e. The van der Waals surface area contributed by atoms with Gasteiger partial charge in [0.2, 0.25) is 0 Å². The molecule has 0 atom stereocenters. The molecule has 0 spiro atoms. The lowest BCUT2D eigenvalue weighted by atomic mass is 10.2. The van der Waals surface area contributed by atoms with Crippen LogP contribution in [0.3, 0.4) is 0 Å². The van der Waals surface area contributed by atoms with Crippen LogP contribution in [0, 0.1) is 18.2 Å². The zero-order valence-electron chi connectivity index (χ0n) is 9.73. The predicted octanol–water partition coefficient (Wildman–Crippen LogP) is 2.72. The Hall–Kier alpha value is -2.28. The number of benzene rings is 1. The molecule has 0 saturated carbocycles. The molecule has 0 fully saturated rings. The van der Waals surface area contributed by atoms with E-state index in [0.717, 1.165) is 6.08 Å². The molecule has 3 nitrogen and oxygen atoms in total. The summed E-state index contributed by atoms with van der Waals surface area (Å²) in [5, 5.41) is 8.48. The second kappa shape index (κ2) is 7.13. The van der Waals surface area contributed by atoms with E-state index in [0.29, 0.717) is 30.8 Å². The number of unbranched alkanes of at least 4 members (excludes halogenated alkanes) is 1. The van der Waals surface area contributed by atoms with E-state index in [9.17, 15) is 9.18 Å². The maximum atomic E-state index is 13.2. The van der Waals surface area contributed by atoms with Crippen LogP contribution in [0.5, 0.6) is 5.75 Å². The minimum absolute atomic E-state index is 0.358. The van der Waals surface area contributed by atoms with Crippen LogP contribution in [0.2, 0.25) is 0 Å². The molecule has 94 valence electrons. The highest BCUT2D eigenvalue weighted by molar-refractivity contribution is 5.85. The molecule has 0 aliphatic carbocycles. The van der Waals surface area contributed by atoms with Crippen molar-refractivity contribution < 1.29 is 19.0 Å². The lowest BCUT2D eigenvalue weighted by Crippen LogP contribution is -1.97. The molecule has 0 amide bonds. The van der Waals surface area contributed by atoms with E-state index in [1.807, 2.05) is 0 Å². The first-order valence-corrected chi connectivity index (χ1v) is 5.39. The van der Waals surface area contributed by atoms with Crippen molar-refractivity contribution in [1.82, 2.24) is 0 Å². The number of terminal acetylenes is 1. The number of hydrogen-bond donors (Lipinski definition) is 1. The molecular weight excluding hydrogens is 235 g/mol. The minimum Gasteiger partial charge on any atom is -0.493 e. The van der Waals surface area contributed by atoms with Crippen molar-refractivity contribution in [3.05, 3.63) is 35.7 Å². The molecule has 0 saturated heterocycles. The van der Waals surface area contributed by atoms with Gasteiger partial charge in [-0.05, 0) is 30.2 Å². The molecule has 0 aliphatic heterocycles. The summed E-state index contributed by atoms with van der Waals surface area (Å²) in [7, 11) is 0. The lowest BCUT2D eigenvalue weighted by Gasteiger charge is -2.06. The van der Waals surface area contributed by atoms with Gasteiger partial charge in [0.15, 0.2) is 0 Å². The van der Waals surface area contributed by atoms with Crippen molar-refractivity contribution in [2.24, 2.45) is 0 Å². The number of carboxylic acid groups (broad SMARTS) is 1. The van der Waals surface area contributed by atoms with E-state index in [2.05, 4.69) is 5.92 Å². The quantitative estimate of drug-likeness (QED) is 0.478. The number of halogens is 1. The van der Waals surface area contributed by atoms with Crippen molar-refractivity contribution in [2.45, 2.75) is 12.8 Å². The SMILES string of the molecule is C#CCCCOc1cc(F)cc(/C=C/C(=O)O)c1. The lowest BCUT2D eigenvalue weighted by molar-refractivity contribution is -0.131. The van der Waals surface area contributed by atoms with Crippen LogP contribution >= 0.6 is 0 Å². The molecule has 1 rings (SSSR count). The van der Waals surface area contributed by atoms with Crippen molar-refractivity contribution in [2.75, 3.05) is 6.61 Å². The fourth-order valence-electron chi connectivity index (χ4n) is 1.30. The predicted molar refractivity (Wildman–Crippen MR) is 66.6 cm³/mol. The Bertz CT molecular complexity index is 486.